The topological polar surface area (TPSA) is 112 Å². The highest BCUT2D eigenvalue weighted by molar-refractivity contribution is 6.05. The van der Waals surface area contributed by atoms with Gasteiger partial charge >= 0.3 is 6.18 Å². The average molecular weight is 545 g/mol. The molecule has 206 valence electrons. The van der Waals surface area contributed by atoms with Crippen LogP contribution in [-0.4, -0.2) is 71.9 Å². The van der Waals surface area contributed by atoms with E-state index in [2.05, 4.69) is 30.6 Å². The van der Waals surface area contributed by atoms with Crippen molar-refractivity contribution in [1.82, 2.24) is 20.4 Å². The molecule has 0 atom stereocenters. The van der Waals surface area contributed by atoms with Crippen molar-refractivity contribution in [3.8, 4) is 17.1 Å². The van der Waals surface area contributed by atoms with Gasteiger partial charge in [0, 0.05) is 42.7 Å². The second-order valence-corrected chi connectivity index (χ2v) is 9.18. The number of alkyl halides is 3. The van der Waals surface area contributed by atoms with E-state index in [-0.39, 0.29) is 6.10 Å². The third kappa shape index (κ3) is 6.09. The Kier molecular flexibility index (Phi) is 7.89. The highest BCUT2D eigenvalue weighted by Crippen LogP contribution is 2.37. The molecule has 0 unspecified atom stereocenters. The molecule has 0 bridgehead atoms. The van der Waals surface area contributed by atoms with Gasteiger partial charge in [-0.1, -0.05) is 12.1 Å². The van der Waals surface area contributed by atoms with Gasteiger partial charge in [-0.2, -0.15) is 18.3 Å². The van der Waals surface area contributed by atoms with Crippen LogP contribution in [0.25, 0.3) is 11.3 Å². The molecule has 1 N–H and O–H groups in total. The van der Waals surface area contributed by atoms with E-state index in [9.17, 15) is 18.0 Å². The minimum atomic E-state index is -4.82. The summed E-state index contributed by atoms with van der Waals surface area (Å²) in [4.78, 5) is 14.9. The summed E-state index contributed by atoms with van der Waals surface area (Å²) in [6, 6.07) is 7.68. The van der Waals surface area contributed by atoms with Crippen LogP contribution < -0.4 is 15.0 Å². The number of rotatable bonds is 6. The number of morpholine rings is 1. The molecule has 3 aromatic rings. The maximum atomic E-state index is 13.3. The number of hydrogen-bond donors (Lipinski definition) is 1. The number of aromatic nitrogens is 4. The Morgan fingerprint density at radius 3 is 2.54 bits per heavy atom. The highest BCUT2D eigenvalue weighted by Gasteiger charge is 2.37. The molecule has 2 aliphatic rings. The molecule has 4 heterocycles. The van der Waals surface area contributed by atoms with E-state index in [1.165, 1.54) is 0 Å². The van der Waals surface area contributed by atoms with Crippen LogP contribution in [0, 0.1) is 6.92 Å². The number of ether oxygens (including phenoxy) is 3. The first-order valence-electron chi connectivity index (χ1n) is 12.6. The Morgan fingerprint density at radius 2 is 1.79 bits per heavy atom. The maximum Gasteiger partial charge on any atom is 0.435 e. The smallest absolute Gasteiger partial charge is 0.435 e. The van der Waals surface area contributed by atoms with Crippen LogP contribution >= 0.6 is 0 Å². The van der Waals surface area contributed by atoms with Crippen molar-refractivity contribution in [2.45, 2.75) is 32.0 Å². The van der Waals surface area contributed by atoms with E-state index < -0.39 is 23.3 Å². The van der Waals surface area contributed by atoms with Crippen LogP contribution in [0.4, 0.5) is 24.5 Å². The van der Waals surface area contributed by atoms with Crippen molar-refractivity contribution in [3.05, 3.63) is 53.3 Å². The van der Waals surface area contributed by atoms with Crippen molar-refractivity contribution in [2.24, 2.45) is 0 Å². The molecular weight excluding hydrogens is 517 g/mol. The fourth-order valence-electron chi connectivity index (χ4n) is 4.62. The normalized spacial score (nSPS) is 16.7. The lowest BCUT2D eigenvalue weighted by Crippen LogP contribution is -2.37. The Morgan fingerprint density at radius 1 is 1.05 bits per heavy atom. The van der Waals surface area contributed by atoms with Crippen molar-refractivity contribution < 1.29 is 32.2 Å². The molecular formula is C26H27F3N6O4. The predicted octanol–water partition coefficient (Wildman–Crippen LogP) is 3.91. The van der Waals surface area contributed by atoms with Crippen LogP contribution in [0.2, 0.25) is 0 Å². The summed E-state index contributed by atoms with van der Waals surface area (Å²) in [5.74, 6) is -0.509. The summed E-state index contributed by atoms with van der Waals surface area (Å²) in [6.07, 6.45) is -2.29. The minimum Gasteiger partial charge on any atom is -0.472 e. The SMILES string of the molecule is Cc1c(-c2cccc(NC(=O)c3ccnnc3C(F)(F)F)c2)nnc(OC2CCOCC2)c1N1CCOCC1. The third-order valence-electron chi connectivity index (χ3n) is 6.56. The summed E-state index contributed by atoms with van der Waals surface area (Å²) < 4.78 is 57.2. The van der Waals surface area contributed by atoms with E-state index in [4.69, 9.17) is 14.2 Å². The van der Waals surface area contributed by atoms with Gasteiger partial charge in [0.15, 0.2) is 5.69 Å². The minimum absolute atomic E-state index is 0.0269. The summed E-state index contributed by atoms with van der Waals surface area (Å²) in [6.45, 7) is 5.63. The van der Waals surface area contributed by atoms with E-state index in [1.54, 1.807) is 24.3 Å². The van der Waals surface area contributed by atoms with Gasteiger partial charge in [0.1, 0.15) is 11.8 Å². The highest BCUT2D eigenvalue weighted by atomic mass is 19.4. The molecule has 10 nitrogen and oxygen atoms in total. The van der Waals surface area contributed by atoms with Gasteiger partial charge in [0.05, 0.1) is 43.9 Å². The average Bonchev–Trinajstić information content (AvgIpc) is 2.94. The van der Waals surface area contributed by atoms with E-state index in [0.717, 1.165) is 36.4 Å². The van der Waals surface area contributed by atoms with Gasteiger partial charge in [-0.05, 0) is 25.1 Å². The summed E-state index contributed by atoms with van der Waals surface area (Å²) in [7, 11) is 0. The first-order valence-corrected chi connectivity index (χ1v) is 12.6. The molecule has 2 aliphatic heterocycles. The third-order valence-corrected chi connectivity index (χ3v) is 6.56. The fourth-order valence-corrected chi connectivity index (χ4v) is 4.62. The number of benzene rings is 1. The molecule has 39 heavy (non-hydrogen) atoms. The van der Waals surface area contributed by atoms with Gasteiger partial charge < -0.3 is 24.4 Å². The molecule has 1 amide bonds. The van der Waals surface area contributed by atoms with Gasteiger partial charge in [0.2, 0.25) is 0 Å². The Balaban J connectivity index is 1.45. The van der Waals surface area contributed by atoms with Crippen LogP contribution in [0.1, 0.15) is 34.5 Å². The van der Waals surface area contributed by atoms with Gasteiger partial charge in [0.25, 0.3) is 11.8 Å². The zero-order chi connectivity index (χ0) is 27.4. The van der Waals surface area contributed by atoms with Crippen LogP contribution in [0.15, 0.2) is 36.5 Å². The lowest BCUT2D eigenvalue weighted by atomic mass is 10.0. The summed E-state index contributed by atoms with van der Waals surface area (Å²) in [5, 5.41) is 17.8. The van der Waals surface area contributed by atoms with E-state index >= 15 is 0 Å². The van der Waals surface area contributed by atoms with Gasteiger partial charge in [-0.25, -0.2) is 0 Å². The van der Waals surface area contributed by atoms with Crippen molar-refractivity contribution in [1.29, 1.82) is 0 Å². The molecule has 2 fully saturated rings. The zero-order valence-corrected chi connectivity index (χ0v) is 21.2. The molecule has 0 radical (unpaired) electrons. The van der Waals surface area contributed by atoms with Crippen molar-refractivity contribution in [3.63, 3.8) is 0 Å². The Labute approximate surface area is 222 Å². The lowest BCUT2D eigenvalue weighted by Gasteiger charge is -2.32. The van der Waals surface area contributed by atoms with Crippen LogP contribution in [0.5, 0.6) is 5.88 Å². The standard InChI is InChI=1S/C26H27F3N6O4/c1-16-21(32-34-25(39-19-6-11-37-12-7-19)22(16)35-9-13-38-14-10-35)17-3-2-4-18(15-17)31-24(36)20-5-8-30-33-23(20)26(27,28)29/h2-5,8,15,19H,6-7,9-14H2,1H3,(H,31,36). The predicted molar refractivity (Wildman–Crippen MR) is 135 cm³/mol. The number of amides is 1. The molecule has 5 rings (SSSR count). The quantitative estimate of drug-likeness (QED) is 0.494. The summed E-state index contributed by atoms with van der Waals surface area (Å²) >= 11 is 0. The second-order valence-electron chi connectivity index (χ2n) is 9.18. The number of carbonyl (C=O) groups excluding carboxylic acids is 1. The first kappa shape index (κ1) is 26.8. The maximum absolute atomic E-state index is 13.3. The van der Waals surface area contributed by atoms with E-state index in [1.807, 2.05) is 6.92 Å². The van der Waals surface area contributed by atoms with Crippen molar-refractivity contribution >= 4 is 17.3 Å². The second kappa shape index (κ2) is 11.5. The van der Waals surface area contributed by atoms with Gasteiger partial charge in [-0.3, -0.25) is 4.79 Å². The van der Waals surface area contributed by atoms with Crippen LogP contribution in [-0.2, 0) is 15.7 Å². The number of anilines is 2. The van der Waals surface area contributed by atoms with Crippen molar-refractivity contribution in [2.75, 3.05) is 49.7 Å². The monoisotopic (exact) mass is 544 g/mol. The number of hydrogen-bond acceptors (Lipinski definition) is 9. The number of nitrogens with one attached hydrogen (secondary N) is 1. The molecule has 13 heteroatoms. The zero-order valence-electron chi connectivity index (χ0n) is 21.2. The molecule has 0 aliphatic carbocycles. The molecule has 1 aromatic carbocycles. The Hall–Kier alpha value is -3.84. The lowest BCUT2D eigenvalue weighted by molar-refractivity contribution is -0.142. The number of nitrogens with zero attached hydrogens (tertiary/aromatic N) is 5. The summed E-state index contributed by atoms with van der Waals surface area (Å²) in [5.41, 5.74) is 1.16. The molecule has 0 saturated carbocycles. The van der Waals surface area contributed by atoms with Gasteiger partial charge in [-0.15, -0.1) is 15.3 Å². The van der Waals surface area contributed by atoms with E-state index in [0.29, 0.717) is 62.3 Å². The largest absolute Gasteiger partial charge is 0.472 e. The fraction of sp³-hybridized carbons (Fsp3) is 0.423. The number of halogens is 3. The first-order chi connectivity index (χ1) is 18.8. The Bertz CT molecular complexity index is 1330. The molecule has 2 aromatic heterocycles. The number of carbonyl (C=O) groups is 1. The molecule has 0 spiro atoms. The molecule has 2 saturated heterocycles. The van der Waals surface area contributed by atoms with Crippen LogP contribution in [0.3, 0.4) is 0 Å².